The van der Waals surface area contributed by atoms with Crippen LogP contribution in [0.5, 0.6) is 0 Å². The Bertz CT molecular complexity index is 618. The van der Waals surface area contributed by atoms with Crippen molar-refractivity contribution in [1.82, 2.24) is 14.5 Å². The Morgan fingerprint density at radius 2 is 1.71 bits per heavy atom. The minimum absolute atomic E-state index is 0.421. The van der Waals surface area contributed by atoms with Gasteiger partial charge in [-0.25, -0.2) is 8.42 Å². The molecule has 116 valence electrons. The van der Waals surface area contributed by atoms with E-state index in [9.17, 15) is 8.42 Å². The molecule has 0 bridgehead atoms. The molecule has 2 fully saturated rings. The second-order valence-corrected chi connectivity index (χ2v) is 7.94. The lowest BCUT2D eigenvalue weighted by Crippen LogP contribution is -2.62. The fraction of sp³-hybridized carbons (Fsp3) is 0.600. The molecule has 1 aromatic carbocycles. The van der Waals surface area contributed by atoms with Gasteiger partial charge in [0.1, 0.15) is 0 Å². The lowest BCUT2D eigenvalue weighted by Gasteiger charge is -2.42. The molecular formula is C15H23N3O2S. The molecular weight excluding hydrogens is 286 g/mol. The summed E-state index contributed by atoms with van der Waals surface area (Å²) in [7, 11) is -3.35. The van der Waals surface area contributed by atoms with Crippen LogP contribution in [0.4, 0.5) is 0 Å². The molecule has 2 aliphatic rings. The van der Waals surface area contributed by atoms with Gasteiger partial charge in [-0.1, -0.05) is 6.07 Å². The molecule has 2 aliphatic heterocycles. The smallest absolute Gasteiger partial charge is 0.243 e. The van der Waals surface area contributed by atoms with Gasteiger partial charge in [-0.05, 0) is 37.1 Å². The third-order valence-electron chi connectivity index (χ3n) is 4.67. The molecule has 0 aliphatic carbocycles. The molecule has 0 amide bonds. The summed E-state index contributed by atoms with van der Waals surface area (Å²) in [5, 5.41) is 3.26. The van der Waals surface area contributed by atoms with Crippen LogP contribution in [0.3, 0.4) is 0 Å². The maximum Gasteiger partial charge on any atom is 0.243 e. The Balaban J connectivity index is 1.72. The normalized spacial score (nSPS) is 22.2. The second kappa shape index (κ2) is 5.68. The van der Waals surface area contributed by atoms with Crippen LogP contribution in [0.15, 0.2) is 23.1 Å². The summed E-state index contributed by atoms with van der Waals surface area (Å²) in [5.74, 6) is 0. The molecule has 2 saturated heterocycles. The molecule has 1 N–H and O–H groups in total. The van der Waals surface area contributed by atoms with Gasteiger partial charge in [-0.3, -0.25) is 4.90 Å². The van der Waals surface area contributed by atoms with E-state index in [1.54, 1.807) is 16.4 Å². The molecule has 0 saturated carbocycles. The van der Waals surface area contributed by atoms with Crippen molar-refractivity contribution in [2.45, 2.75) is 24.8 Å². The first kappa shape index (κ1) is 15.0. The fourth-order valence-electron chi connectivity index (χ4n) is 2.86. The quantitative estimate of drug-likeness (QED) is 0.887. The number of piperazine rings is 1. The summed E-state index contributed by atoms with van der Waals surface area (Å²) >= 11 is 0. The number of hydrogen-bond acceptors (Lipinski definition) is 4. The molecule has 0 spiro atoms. The average molecular weight is 309 g/mol. The van der Waals surface area contributed by atoms with E-state index in [4.69, 9.17) is 0 Å². The minimum atomic E-state index is -3.35. The minimum Gasteiger partial charge on any atom is -0.314 e. The first-order valence-electron chi connectivity index (χ1n) is 7.50. The van der Waals surface area contributed by atoms with Crippen molar-refractivity contribution in [3.8, 4) is 0 Å². The van der Waals surface area contributed by atoms with Crippen molar-refractivity contribution in [3.63, 3.8) is 0 Å². The van der Waals surface area contributed by atoms with Crippen LogP contribution in [0.2, 0.25) is 0 Å². The Morgan fingerprint density at radius 1 is 1.05 bits per heavy atom. The van der Waals surface area contributed by atoms with Crippen molar-refractivity contribution in [1.29, 1.82) is 0 Å². The van der Waals surface area contributed by atoms with Crippen molar-refractivity contribution in [2.24, 2.45) is 0 Å². The number of benzene rings is 1. The Hall–Kier alpha value is -0.950. The van der Waals surface area contributed by atoms with E-state index in [0.717, 1.165) is 37.3 Å². The number of aryl methyl sites for hydroxylation is 2. The van der Waals surface area contributed by atoms with Gasteiger partial charge < -0.3 is 5.32 Å². The molecule has 5 nitrogen and oxygen atoms in total. The zero-order valence-corrected chi connectivity index (χ0v) is 13.5. The van der Waals surface area contributed by atoms with Gasteiger partial charge in [0.05, 0.1) is 4.90 Å². The van der Waals surface area contributed by atoms with Gasteiger partial charge in [-0.2, -0.15) is 4.31 Å². The van der Waals surface area contributed by atoms with Crippen molar-refractivity contribution >= 4 is 10.0 Å². The predicted molar refractivity (Wildman–Crippen MR) is 82.9 cm³/mol. The van der Waals surface area contributed by atoms with E-state index in [1.807, 2.05) is 19.9 Å². The van der Waals surface area contributed by atoms with E-state index < -0.39 is 10.0 Å². The molecule has 0 radical (unpaired) electrons. The second-order valence-electron chi connectivity index (χ2n) is 6.00. The average Bonchev–Trinajstić information content (AvgIpc) is 2.40. The van der Waals surface area contributed by atoms with Gasteiger partial charge in [0.25, 0.3) is 0 Å². The maximum atomic E-state index is 12.7. The molecule has 0 unspecified atom stereocenters. The third-order valence-corrected chi connectivity index (χ3v) is 6.56. The Morgan fingerprint density at radius 3 is 2.24 bits per heavy atom. The van der Waals surface area contributed by atoms with Crippen molar-refractivity contribution in [3.05, 3.63) is 29.3 Å². The summed E-state index contributed by atoms with van der Waals surface area (Å²) in [6.07, 6.45) is 0. The van der Waals surface area contributed by atoms with E-state index >= 15 is 0 Å². The number of sulfonamides is 1. The summed E-state index contributed by atoms with van der Waals surface area (Å²) in [4.78, 5) is 2.81. The first-order chi connectivity index (χ1) is 9.98. The molecule has 21 heavy (non-hydrogen) atoms. The molecule has 3 rings (SSSR count). The van der Waals surface area contributed by atoms with Gasteiger partial charge in [0.2, 0.25) is 10.0 Å². The largest absolute Gasteiger partial charge is 0.314 e. The van der Waals surface area contributed by atoms with Crippen LogP contribution in [0.1, 0.15) is 11.1 Å². The van der Waals surface area contributed by atoms with E-state index in [-0.39, 0.29) is 0 Å². The monoisotopic (exact) mass is 309 g/mol. The molecule has 6 heteroatoms. The van der Waals surface area contributed by atoms with Gasteiger partial charge >= 0.3 is 0 Å². The summed E-state index contributed by atoms with van der Waals surface area (Å²) in [5.41, 5.74) is 2.14. The van der Waals surface area contributed by atoms with Crippen LogP contribution in [0.25, 0.3) is 0 Å². The lowest BCUT2D eigenvalue weighted by molar-refractivity contribution is 0.103. The zero-order valence-electron chi connectivity index (χ0n) is 12.7. The number of rotatable bonds is 3. The standard InChI is InChI=1S/C15H23N3O2S/c1-12-3-4-15(9-13(12)2)21(19,20)18-7-5-17(6-8-18)14-10-16-11-14/h3-4,9,14,16H,5-8,10-11H2,1-2H3. The lowest BCUT2D eigenvalue weighted by atomic mass is 10.1. The fourth-order valence-corrected chi connectivity index (χ4v) is 4.37. The summed E-state index contributed by atoms with van der Waals surface area (Å²) < 4.78 is 27.0. The van der Waals surface area contributed by atoms with E-state index in [0.29, 0.717) is 24.0 Å². The summed E-state index contributed by atoms with van der Waals surface area (Å²) in [6.45, 7) is 8.85. The number of hydrogen-bond donors (Lipinski definition) is 1. The molecule has 1 aromatic rings. The maximum absolute atomic E-state index is 12.7. The van der Waals surface area contributed by atoms with Crippen LogP contribution in [0, 0.1) is 13.8 Å². The van der Waals surface area contributed by atoms with Gasteiger partial charge in [0.15, 0.2) is 0 Å². The SMILES string of the molecule is Cc1ccc(S(=O)(=O)N2CCN(C3CNC3)CC2)cc1C. The van der Waals surface area contributed by atoms with Crippen LogP contribution < -0.4 is 5.32 Å². The molecule has 2 heterocycles. The highest BCUT2D eigenvalue weighted by atomic mass is 32.2. The number of nitrogens with one attached hydrogen (secondary N) is 1. The van der Waals surface area contributed by atoms with E-state index in [1.165, 1.54) is 0 Å². The van der Waals surface area contributed by atoms with Crippen LogP contribution >= 0.6 is 0 Å². The van der Waals surface area contributed by atoms with Crippen molar-refractivity contribution in [2.75, 3.05) is 39.3 Å². The summed E-state index contributed by atoms with van der Waals surface area (Å²) in [6, 6.07) is 5.99. The van der Waals surface area contributed by atoms with Crippen LogP contribution in [-0.2, 0) is 10.0 Å². The Kier molecular flexibility index (Phi) is 4.05. The highest BCUT2D eigenvalue weighted by Crippen LogP contribution is 2.21. The molecule has 0 aromatic heterocycles. The van der Waals surface area contributed by atoms with Gasteiger partial charge in [-0.15, -0.1) is 0 Å². The topological polar surface area (TPSA) is 52.7 Å². The zero-order chi connectivity index (χ0) is 15.0. The predicted octanol–water partition coefficient (Wildman–Crippen LogP) is 0.582. The highest BCUT2D eigenvalue weighted by molar-refractivity contribution is 7.89. The Labute approximate surface area is 127 Å². The third kappa shape index (κ3) is 2.85. The van der Waals surface area contributed by atoms with Crippen LogP contribution in [-0.4, -0.2) is 62.9 Å². The van der Waals surface area contributed by atoms with Gasteiger partial charge in [0, 0.05) is 45.3 Å². The first-order valence-corrected chi connectivity index (χ1v) is 8.94. The van der Waals surface area contributed by atoms with E-state index in [2.05, 4.69) is 10.2 Å². The molecule has 0 atom stereocenters. The highest BCUT2D eigenvalue weighted by Gasteiger charge is 2.32. The van der Waals surface area contributed by atoms with Crippen molar-refractivity contribution < 1.29 is 8.42 Å². The number of nitrogens with zero attached hydrogens (tertiary/aromatic N) is 2.